The maximum Gasteiger partial charge on any atom is 0.341 e. The molecule has 0 aliphatic heterocycles. The number of benzene rings is 1. The van der Waals surface area contributed by atoms with Crippen LogP contribution < -0.4 is 0 Å². The molecule has 0 atom stereocenters. The van der Waals surface area contributed by atoms with Crippen molar-refractivity contribution >= 4 is 11.9 Å². The molecule has 6 nitrogen and oxygen atoms in total. The van der Waals surface area contributed by atoms with Gasteiger partial charge >= 0.3 is 5.97 Å². The van der Waals surface area contributed by atoms with Gasteiger partial charge in [-0.1, -0.05) is 30.3 Å². The van der Waals surface area contributed by atoms with Gasteiger partial charge in [-0.15, -0.1) is 0 Å². The van der Waals surface area contributed by atoms with Gasteiger partial charge in [-0.25, -0.2) is 4.79 Å². The van der Waals surface area contributed by atoms with Crippen LogP contribution in [-0.4, -0.2) is 35.5 Å². The maximum absolute atomic E-state index is 12.9. The second kappa shape index (κ2) is 7.95. The summed E-state index contributed by atoms with van der Waals surface area (Å²) in [6.07, 6.45) is 1.89. The highest BCUT2D eigenvalue weighted by Crippen LogP contribution is 2.18. The molecule has 27 heavy (non-hydrogen) atoms. The van der Waals surface area contributed by atoms with Crippen molar-refractivity contribution in [2.75, 3.05) is 14.2 Å². The van der Waals surface area contributed by atoms with E-state index in [9.17, 15) is 9.59 Å². The Balaban J connectivity index is 1.73. The molecule has 1 amide bonds. The number of methoxy groups -OCH3 is 1. The zero-order valence-electron chi connectivity index (χ0n) is 15.6. The average molecular weight is 366 g/mol. The number of rotatable bonds is 6. The third-order valence-corrected chi connectivity index (χ3v) is 4.36. The van der Waals surface area contributed by atoms with E-state index in [4.69, 9.17) is 9.15 Å². The average Bonchev–Trinajstić information content (AvgIpc) is 3.27. The third kappa shape index (κ3) is 4.11. The molecule has 0 fully saturated rings. The lowest BCUT2D eigenvalue weighted by molar-refractivity contribution is 0.0598. The lowest BCUT2D eigenvalue weighted by Crippen LogP contribution is -2.28. The lowest BCUT2D eigenvalue weighted by atomic mass is 10.2. The highest BCUT2D eigenvalue weighted by atomic mass is 16.5. The molecule has 2 heterocycles. The Morgan fingerprint density at radius 2 is 1.89 bits per heavy atom. The Bertz CT molecular complexity index is 940. The zero-order valence-corrected chi connectivity index (χ0v) is 15.6. The Morgan fingerprint density at radius 3 is 2.59 bits per heavy atom. The van der Waals surface area contributed by atoms with Crippen LogP contribution in [0.1, 0.15) is 37.9 Å². The summed E-state index contributed by atoms with van der Waals surface area (Å²) >= 11 is 0. The number of aromatic nitrogens is 1. The minimum absolute atomic E-state index is 0.121. The van der Waals surface area contributed by atoms with Crippen LogP contribution in [0.4, 0.5) is 0 Å². The molecular formula is C21H22N2O4. The highest BCUT2D eigenvalue weighted by molar-refractivity contribution is 5.93. The molecule has 0 N–H and O–H groups in total. The first-order valence-corrected chi connectivity index (χ1v) is 8.61. The van der Waals surface area contributed by atoms with Crippen LogP contribution in [0.2, 0.25) is 0 Å². The quantitative estimate of drug-likeness (QED) is 0.627. The Labute approximate surface area is 158 Å². The molecule has 0 aliphatic rings. The van der Waals surface area contributed by atoms with Crippen LogP contribution in [0.15, 0.2) is 59.1 Å². The van der Waals surface area contributed by atoms with Crippen molar-refractivity contribution in [2.24, 2.45) is 0 Å². The second-order valence-corrected chi connectivity index (χ2v) is 6.34. The maximum atomic E-state index is 12.9. The first-order valence-electron chi connectivity index (χ1n) is 8.61. The highest BCUT2D eigenvalue weighted by Gasteiger charge is 2.20. The number of nitrogens with zero attached hydrogens (tertiary/aromatic N) is 2. The smallest absolute Gasteiger partial charge is 0.341 e. The molecule has 0 radical (unpaired) electrons. The first kappa shape index (κ1) is 18.5. The summed E-state index contributed by atoms with van der Waals surface area (Å²) in [6.45, 7) is 2.57. The van der Waals surface area contributed by atoms with Crippen molar-refractivity contribution in [3.8, 4) is 0 Å². The minimum Gasteiger partial charge on any atom is -0.465 e. The van der Waals surface area contributed by atoms with Crippen molar-refractivity contribution in [1.29, 1.82) is 0 Å². The summed E-state index contributed by atoms with van der Waals surface area (Å²) < 4.78 is 12.2. The normalized spacial score (nSPS) is 10.6. The van der Waals surface area contributed by atoms with E-state index in [0.29, 0.717) is 29.3 Å². The number of carbonyl (C=O) groups excluding carboxylic acids is 2. The number of esters is 1. The molecule has 0 bridgehead atoms. The van der Waals surface area contributed by atoms with E-state index in [1.54, 1.807) is 31.0 Å². The molecule has 2 aromatic heterocycles. The van der Waals surface area contributed by atoms with E-state index < -0.39 is 5.97 Å². The fraction of sp³-hybridized carbons (Fsp3) is 0.238. The topological polar surface area (TPSA) is 64.7 Å². The number of hydrogen-bond acceptors (Lipinski definition) is 4. The van der Waals surface area contributed by atoms with E-state index in [1.165, 1.54) is 7.11 Å². The number of furan rings is 1. The predicted octanol–water partition coefficient (Wildman–Crippen LogP) is 3.50. The zero-order chi connectivity index (χ0) is 19.4. The number of carbonyl (C=O) groups is 2. The molecule has 3 aromatic rings. The summed E-state index contributed by atoms with van der Waals surface area (Å²) in [5, 5.41) is 0. The molecule has 0 saturated heterocycles. The fourth-order valence-electron chi connectivity index (χ4n) is 2.96. The molecule has 0 unspecified atom stereocenters. The van der Waals surface area contributed by atoms with Crippen molar-refractivity contribution in [3.05, 3.63) is 83.1 Å². The molecule has 1 aromatic carbocycles. The van der Waals surface area contributed by atoms with E-state index in [1.807, 2.05) is 47.2 Å². The van der Waals surface area contributed by atoms with E-state index in [2.05, 4.69) is 0 Å². The Hall–Kier alpha value is -3.28. The van der Waals surface area contributed by atoms with Crippen molar-refractivity contribution in [3.63, 3.8) is 0 Å². The van der Waals surface area contributed by atoms with Gasteiger partial charge in [-0.3, -0.25) is 4.79 Å². The van der Waals surface area contributed by atoms with Crippen LogP contribution in [-0.2, 0) is 17.8 Å². The largest absolute Gasteiger partial charge is 0.465 e. The first-order chi connectivity index (χ1) is 13.0. The van der Waals surface area contributed by atoms with Gasteiger partial charge in [0.15, 0.2) is 0 Å². The summed E-state index contributed by atoms with van der Waals surface area (Å²) in [4.78, 5) is 26.1. The SMILES string of the molecule is COC(=O)c1cc(CN(C)C(=O)c2cccn2Cc2ccccc2)oc1C. The minimum atomic E-state index is -0.451. The second-order valence-electron chi connectivity index (χ2n) is 6.34. The molecule has 3 rings (SSSR count). The fourth-order valence-corrected chi connectivity index (χ4v) is 2.96. The van der Waals surface area contributed by atoms with Gasteiger partial charge in [0.2, 0.25) is 0 Å². The number of aryl methyl sites for hydroxylation is 1. The van der Waals surface area contributed by atoms with Gasteiger partial charge in [0, 0.05) is 19.8 Å². The predicted molar refractivity (Wildman–Crippen MR) is 101 cm³/mol. The summed E-state index contributed by atoms with van der Waals surface area (Å²) in [5.74, 6) is 0.438. The van der Waals surface area contributed by atoms with Crippen LogP contribution in [0.5, 0.6) is 0 Å². The van der Waals surface area contributed by atoms with Crippen molar-refractivity contribution in [2.45, 2.75) is 20.0 Å². The summed E-state index contributed by atoms with van der Waals surface area (Å²) in [6, 6.07) is 15.2. The molecule has 0 spiro atoms. The van der Waals surface area contributed by atoms with Crippen LogP contribution in [0, 0.1) is 6.92 Å². The van der Waals surface area contributed by atoms with Gasteiger partial charge < -0.3 is 18.6 Å². The summed E-state index contributed by atoms with van der Waals surface area (Å²) in [5.41, 5.74) is 2.09. The number of amides is 1. The van der Waals surface area contributed by atoms with Crippen molar-refractivity contribution in [1.82, 2.24) is 9.47 Å². The summed E-state index contributed by atoms with van der Waals surface area (Å²) in [7, 11) is 3.03. The van der Waals surface area contributed by atoms with Crippen LogP contribution in [0.3, 0.4) is 0 Å². The molecular weight excluding hydrogens is 344 g/mol. The lowest BCUT2D eigenvalue weighted by Gasteiger charge is -2.17. The van der Waals surface area contributed by atoms with Crippen molar-refractivity contribution < 1.29 is 18.7 Å². The van der Waals surface area contributed by atoms with Gasteiger partial charge in [0.05, 0.1) is 13.7 Å². The van der Waals surface area contributed by atoms with Gasteiger partial charge in [0.25, 0.3) is 5.91 Å². The third-order valence-electron chi connectivity index (χ3n) is 4.36. The van der Waals surface area contributed by atoms with E-state index >= 15 is 0 Å². The Kier molecular flexibility index (Phi) is 5.45. The number of hydrogen-bond donors (Lipinski definition) is 0. The van der Waals surface area contributed by atoms with Crippen LogP contribution in [0.25, 0.3) is 0 Å². The van der Waals surface area contributed by atoms with E-state index in [-0.39, 0.29) is 12.5 Å². The molecule has 0 saturated carbocycles. The van der Waals surface area contributed by atoms with Gasteiger partial charge in [-0.05, 0) is 30.7 Å². The molecule has 0 aliphatic carbocycles. The van der Waals surface area contributed by atoms with Crippen LogP contribution >= 0.6 is 0 Å². The monoisotopic (exact) mass is 366 g/mol. The number of ether oxygens (including phenoxy) is 1. The molecule has 140 valence electrons. The van der Waals surface area contributed by atoms with Gasteiger partial charge in [0.1, 0.15) is 22.8 Å². The molecule has 6 heteroatoms. The Morgan fingerprint density at radius 1 is 1.15 bits per heavy atom. The van der Waals surface area contributed by atoms with Gasteiger partial charge in [-0.2, -0.15) is 0 Å². The standard InChI is InChI=1S/C21H22N2O4/c1-15-18(21(25)26-3)12-17(27-15)14-22(2)20(24)19-10-7-11-23(19)13-16-8-5-4-6-9-16/h4-12H,13-14H2,1-3H3. The van der Waals surface area contributed by atoms with E-state index in [0.717, 1.165) is 5.56 Å².